The van der Waals surface area contributed by atoms with Crippen LogP contribution in [0.4, 0.5) is 5.82 Å². The quantitative estimate of drug-likeness (QED) is 0.658. The van der Waals surface area contributed by atoms with Gasteiger partial charge in [-0.3, -0.25) is 0 Å². The van der Waals surface area contributed by atoms with Crippen LogP contribution in [0, 0.1) is 0 Å². The van der Waals surface area contributed by atoms with E-state index in [1.54, 1.807) is 12.4 Å². The van der Waals surface area contributed by atoms with E-state index in [0.29, 0.717) is 18.2 Å². The SMILES string of the molecule is COc1nccnc1NCCO. The summed E-state index contributed by atoms with van der Waals surface area (Å²) in [6, 6.07) is 0. The molecule has 0 aliphatic rings. The van der Waals surface area contributed by atoms with Crippen LogP contribution >= 0.6 is 0 Å². The molecular weight excluding hydrogens is 158 g/mol. The highest BCUT2D eigenvalue weighted by molar-refractivity contribution is 5.44. The van der Waals surface area contributed by atoms with Gasteiger partial charge in [0, 0.05) is 18.9 Å². The van der Waals surface area contributed by atoms with E-state index < -0.39 is 0 Å². The highest BCUT2D eigenvalue weighted by atomic mass is 16.5. The van der Waals surface area contributed by atoms with Gasteiger partial charge in [0.05, 0.1) is 13.7 Å². The van der Waals surface area contributed by atoms with Gasteiger partial charge in [0.15, 0.2) is 5.82 Å². The molecule has 0 aliphatic carbocycles. The smallest absolute Gasteiger partial charge is 0.257 e. The van der Waals surface area contributed by atoms with Crippen LogP contribution in [0.15, 0.2) is 12.4 Å². The van der Waals surface area contributed by atoms with E-state index in [2.05, 4.69) is 15.3 Å². The van der Waals surface area contributed by atoms with Crippen LogP contribution < -0.4 is 10.1 Å². The van der Waals surface area contributed by atoms with Crippen molar-refractivity contribution < 1.29 is 9.84 Å². The molecular formula is C7H11N3O2. The van der Waals surface area contributed by atoms with Crippen LogP contribution in [-0.4, -0.2) is 35.3 Å². The molecule has 0 saturated heterocycles. The third kappa shape index (κ3) is 2.06. The molecule has 0 atom stereocenters. The number of aliphatic hydroxyl groups is 1. The number of anilines is 1. The molecule has 0 spiro atoms. The second kappa shape index (κ2) is 4.50. The lowest BCUT2D eigenvalue weighted by Crippen LogP contribution is -2.08. The summed E-state index contributed by atoms with van der Waals surface area (Å²) in [5.74, 6) is 0.986. The van der Waals surface area contributed by atoms with E-state index in [-0.39, 0.29) is 6.61 Å². The Morgan fingerprint density at radius 1 is 1.50 bits per heavy atom. The van der Waals surface area contributed by atoms with E-state index in [9.17, 15) is 0 Å². The van der Waals surface area contributed by atoms with Crippen molar-refractivity contribution in [3.8, 4) is 5.88 Å². The fourth-order valence-corrected chi connectivity index (χ4v) is 0.770. The molecule has 0 aliphatic heterocycles. The first-order valence-electron chi connectivity index (χ1n) is 3.58. The molecule has 0 aromatic carbocycles. The predicted molar refractivity (Wildman–Crippen MR) is 44.2 cm³/mol. The van der Waals surface area contributed by atoms with Crippen molar-refractivity contribution in [2.24, 2.45) is 0 Å². The molecule has 0 unspecified atom stereocenters. The van der Waals surface area contributed by atoms with Gasteiger partial charge in [-0.2, -0.15) is 0 Å². The van der Waals surface area contributed by atoms with Gasteiger partial charge in [0.1, 0.15) is 0 Å². The molecule has 1 aromatic heterocycles. The molecule has 0 amide bonds. The topological polar surface area (TPSA) is 67.3 Å². The minimum Gasteiger partial charge on any atom is -0.478 e. The maximum absolute atomic E-state index is 8.54. The van der Waals surface area contributed by atoms with Crippen molar-refractivity contribution in [2.75, 3.05) is 25.6 Å². The minimum atomic E-state index is 0.0553. The Morgan fingerprint density at radius 3 is 2.92 bits per heavy atom. The first-order valence-corrected chi connectivity index (χ1v) is 3.58. The summed E-state index contributed by atoms with van der Waals surface area (Å²) in [6.45, 7) is 0.495. The number of hydrogen-bond acceptors (Lipinski definition) is 5. The number of aliphatic hydroxyl groups excluding tert-OH is 1. The molecule has 66 valence electrons. The second-order valence-corrected chi connectivity index (χ2v) is 2.06. The Hall–Kier alpha value is -1.36. The van der Waals surface area contributed by atoms with Crippen molar-refractivity contribution in [2.45, 2.75) is 0 Å². The molecule has 1 rings (SSSR count). The van der Waals surface area contributed by atoms with E-state index in [0.717, 1.165) is 0 Å². The number of aromatic nitrogens is 2. The Kier molecular flexibility index (Phi) is 3.28. The predicted octanol–water partition coefficient (Wildman–Crippen LogP) is -0.111. The molecule has 5 heteroatoms. The van der Waals surface area contributed by atoms with Gasteiger partial charge in [-0.1, -0.05) is 0 Å². The summed E-state index contributed by atoms with van der Waals surface area (Å²) in [5.41, 5.74) is 0. The zero-order valence-corrected chi connectivity index (χ0v) is 6.82. The largest absolute Gasteiger partial charge is 0.478 e. The molecule has 0 fully saturated rings. The molecule has 1 heterocycles. The van der Waals surface area contributed by atoms with Crippen LogP contribution in [-0.2, 0) is 0 Å². The number of rotatable bonds is 4. The fourth-order valence-electron chi connectivity index (χ4n) is 0.770. The van der Waals surface area contributed by atoms with E-state index in [1.165, 1.54) is 7.11 Å². The van der Waals surface area contributed by atoms with Gasteiger partial charge >= 0.3 is 0 Å². The maximum atomic E-state index is 8.54. The first-order chi connectivity index (χ1) is 5.88. The van der Waals surface area contributed by atoms with Crippen LogP contribution in [0.2, 0.25) is 0 Å². The van der Waals surface area contributed by atoms with Gasteiger partial charge in [-0.15, -0.1) is 0 Å². The lowest BCUT2D eigenvalue weighted by Gasteiger charge is -2.06. The molecule has 1 aromatic rings. The van der Waals surface area contributed by atoms with Crippen molar-refractivity contribution in [3.05, 3.63) is 12.4 Å². The van der Waals surface area contributed by atoms with Gasteiger partial charge in [-0.05, 0) is 0 Å². The van der Waals surface area contributed by atoms with Crippen molar-refractivity contribution in [1.82, 2.24) is 9.97 Å². The molecule has 5 nitrogen and oxygen atoms in total. The Balaban J connectivity index is 2.68. The Morgan fingerprint density at radius 2 is 2.25 bits per heavy atom. The molecule has 0 radical (unpaired) electrons. The second-order valence-electron chi connectivity index (χ2n) is 2.06. The fraction of sp³-hybridized carbons (Fsp3) is 0.429. The van der Waals surface area contributed by atoms with Crippen molar-refractivity contribution >= 4 is 5.82 Å². The highest BCUT2D eigenvalue weighted by Crippen LogP contribution is 2.15. The first kappa shape index (κ1) is 8.73. The summed E-state index contributed by atoms with van der Waals surface area (Å²) >= 11 is 0. The lowest BCUT2D eigenvalue weighted by molar-refractivity contribution is 0.310. The maximum Gasteiger partial charge on any atom is 0.257 e. The number of hydrogen-bond donors (Lipinski definition) is 2. The molecule has 2 N–H and O–H groups in total. The lowest BCUT2D eigenvalue weighted by atomic mass is 10.6. The summed E-state index contributed by atoms with van der Waals surface area (Å²) < 4.78 is 4.92. The zero-order valence-electron chi connectivity index (χ0n) is 6.82. The number of nitrogens with one attached hydrogen (secondary N) is 1. The monoisotopic (exact) mass is 169 g/mol. The molecule has 0 saturated carbocycles. The molecule has 0 bridgehead atoms. The van der Waals surface area contributed by atoms with Crippen LogP contribution in [0.5, 0.6) is 5.88 Å². The minimum absolute atomic E-state index is 0.0553. The van der Waals surface area contributed by atoms with Gasteiger partial charge in [-0.25, -0.2) is 9.97 Å². The van der Waals surface area contributed by atoms with Gasteiger partial charge < -0.3 is 15.2 Å². The highest BCUT2D eigenvalue weighted by Gasteiger charge is 2.01. The number of methoxy groups -OCH3 is 1. The van der Waals surface area contributed by atoms with E-state index in [1.807, 2.05) is 0 Å². The molecule has 12 heavy (non-hydrogen) atoms. The summed E-state index contributed by atoms with van der Waals surface area (Å²) in [7, 11) is 1.52. The van der Waals surface area contributed by atoms with Crippen LogP contribution in [0.1, 0.15) is 0 Å². The Labute approximate surface area is 70.4 Å². The average Bonchev–Trinajstić information content (AvgIpc) is 2.15. The van der Waals surface area contributed by atoms with Crippen LogP contribution in [0.3, 0.4) is 0 Å². The third-order valence-electron chi connectivity index (χ3n) is 1.26. The Bertz CT molecular complexity index is 242. The van der Waals surface area contributed by atoms with Gasteiger partial charge in [0.25, 0.3) is 5.88 Å². The number of ether oxygens (including phenoxy) is 1. The van der Waals surface area contributed by atoms with Crippen molar-refractivity contribution in [1.29, 1.82) is 0 Å². The van der Waals surface area contributed by atoms with E-state index in [4.69, 9.17) is 9.84 Å². The normalized spacial score (nSPS) is 9.50. The van der Waals surface area contributed by atoms with Crippen LogP contribution in [0.25, 0.3) is 0 Å². The van der Waals surface area contributed by atoms with Crippen molar-refractivity contribution in [3.63, 3.8) is 0 Å². The average molecular weight is 169 g/mol. The van der Waals surface area contributed by atoms with E-state index >= 15 is 0 Å². The zero-order chi connectivity index (χ0) is 8.81. The standard InChI is InChI=1S/C7H11N3O2/c1-12-7-6(9-4-5-11)8-2-3-10-7/h2-3,11H,4-5H2,1H3,(H,8,9). The van der Waals surface area contributed by atoms with Gasteiger partial charge in [0.2, 0.25) is 0 Å². The summed E-state index contributed by atoms with van der Waals surface area (Å²) in [4.78, 5) is 7.90. The summed E-state index contributed by atoms with van der Waals surface area (Å²) in [6.07, 6.45) is 3.10. The summed E-state index contributed by atoms with van der Waals surface area (Å²) in [5, 5.41) is 11.4. The third-order valence-corrected chi connectivity index (χ3v) is 1.26. The number of nitrogens with zero attached hydrogens (tertiary/aromatic N) is 2.